The van der Waals surface area contributed by atoms with Gasteiger partial charge in [0.1, 0.15) is 12.1 Å². The minimum absolute atomic E-state index is 0.165. The Hall–Kier alpha value is -3.75. The number of para-hydroxylation sites is 2. The fourth-order valence-electron chi connectivity index (χ4n) is 4.76. The molecule has 1 aromatic heterocycles. The fraction of sp³-hybridized carbons (Fsp3) is 0.240. The third-order valence-electron chi connectivity index (χ3n) is 6.43. The van der Waals surface area contributed by atoms with E-state index in [0.717, 1.165) is 16.0 Å². The number of likely N-dealkylation sites (tertiary alicyclic amines) is 1. The van der Waals surface area contributed by atoms with Crippen LogP contribution in [0, 0.1) is 5.92 Å². The van der Waals surface area contributed by atoms with Crippen LogP contribution in [0.15, 0.2) is 72.9 Å². The molecule has 8 nitrogen and oxygen atoms in total. The van der Waals surface area contributed by atoms with Crippen LogP contribution in [-0.4, -0.2) is 56.4 Å². The van der Waals surface area contributed by atoms with Gasteiger partial charge in [0.25, 0.3) is 0 Å². The maximum Gasteiger partial charge on any atom is 0.249 e. The topological polar surface area (TPSA) is 94.9 Å². The second kappa shape index (κ2) is 7.99. The van der Waals surface area contributed by atoms with Gasteiger partial charge in [-0.2, -0.15) is 0 Å². The Morgan fingerprint density at radius 2 is 1.70 bits per heavy atom. The van der Waals surface area contributed by atoms with Gasteiger partial charge in [-0.25, -0.2) is 5.01 Å². The highest BCUT2D eigenvalue weighted by Gasteiger charge is 2.52. The summed E-state index contributed by atoms with van der Waals surface area (Å²) in [6.07, 6.45) is 4.03. The number of aliphatic hydroxyl groups excluding tert-OH is 1. The second-order valence-electron chi connectivity index (χ2n) is 8.40. The zero-order valence-electron chi connectivity index (χ0n) is 18.3. The average Bonchev–Trinajstić information content (AvgIpc) is 3.32. The van der Waals surface area contributed by atoms with Gasteiger partial charge in [0.2, 0.25) is 17.7 Å². The number of hydrazine groups is 1. The standard InChI is InChI=1S/C25H24N4O4/c1-15(30)28-14-19(17-10-6-7-11-20(17)28)23(31)21-13-12-18-22(25(33)27(2)24(18)32)29(21)26-16-8-4-3-5-9-16/h3-14,18,21-23,26,31H,1-2H3. The SMILES string of the molecule is CC(=O)n1cc(C(O)C2C=CC3C(=O)N(C)C(=O)C3N2Nc2ccccc2)c2ccccc21. The first kappa shape index (κ1) is 21.1. The Morgan fingerprint density at radius 3 is 2.42 bits per heavy atom. The smallest absolute Gasteiger partial charge is 0.249 e. The number of nitrogens with one attached hydrogen (secondary N) is 1. The molecular weight excluding hydrogens is 420 g/mol. The predicted octanol–water partition coefficient (Wildman–Crippen LogP) is 2.59. The zero-order valence-corrected chi connectivity index (χ0v) is 18.3. The molecule has 8 heteroatoms. The molecule has 4 atom stereocenters. The molecule has 2 aromatic carbocycles. The van der Waals surface area contributed by atoms with Crippen molar-refractivity contribution in [3.05, 3.63) is 78.5 Å². The van der Waals surface area contributed by atoms with E-state index in [0.29, 0.717) is 11.1 Å². The van der Waals surface area contributed by atoms with Crippen LogP contribution >= 0.6 is 0 Å². The first-order valence-electron chi connectivity index (χ1n) is 10.8. The minimum Gasteiger partial charge on any atom is -0.386 e. The van der Waals surface area contributed by atoms with Crippen LogP contribution in [0.3, 0.4) is 0 Å². The number of aromatic nitrogens is 1. The fourth-order valence-corrected chi connectivity index (χ4v) is 4.76. The molecule has 2 aliphatic heterocycles. The number of hydrogen-bond donors (Lipinski definition) is 2. The highest BCUT2D eigenvalue weighted by Crippen LogP contribution is 2.37. The van der Waals surface area contributed by atoms with Crippen LogP contribution in [0.25, 0.3) is 10.9 Å². The van der Waals surface area contributed by atoms with E-state index >= 15 is 0 Å². The van der Waals surface area contributed by atoms with Gasteiger partial charge in [0.05, 0.1) is 17.5 Å². The van der Waals surface area contributed by atoms with Crippen LogP contribution in [0.1, 0.15) is 23.4 Å². The van der Waals surface area contributed by atoms with Crippen LogP contribution in [-0.2, 0) is 9.59 Å². The number of benzene rings is 2. The van der Waals surface area contributed by atoms with E-state index in [1.807, 2.05) is 54.6 Å². The Kier molecular flexibility index (Phi) is 5.11. The van der Waals surface area contributed by atoms with Crippen molar-refractivity contribution < 1.29 is 19.5 Å². The summed E-state index contributed by atoms with van der Waals surface area (Å²) < 4.78 is 1.51. The number of nitrogens with zero attached hydrogens (tertiary/aromatic N) is 3. The lowest BCUT2D eigenvalue weighted by molar-refractivity contribution is -0.138. The number of anilines is 1. The van der Waals surface area contributed by atoms with E-state index in [1.54, 1.807) is 23.4 Å². The summed E-state index contributed by atoms with van der Waals surface area (Å²) in [5.74, 6) is -1.41. The van der Waals surface area contributed by atoms with Crippen molar-refractivity contribution in [1.82, 2.24) is 14.5 Å². The number of imide groups is 1. The van der Waals surface area contributed by atoms with Gasteiger partial charge in [-0.05, 0) is 18.2 Å². The predicted molar refractivity (Wildman–Crippen MR) is 123 cm³/mol. The third-order valence-corrected chi connectivity index (χ3v) is 6.43. The van der Waals surface area contributed by atoms with Gasteiger partial charge in [-0.1, -0.05) is 48.6 Å². The summed E-state index contributed by atoms with van der Waals surface area (Å²) in [7, 11) is 1.48. The molecule has 0 aliphatic carbocycles. The Balaban J connectivity index is 1.60. The van der Waals surface area contributed by atoms with E-state index in [1.165, 1.54) is 18.5 Å². The summed E-state index contributed by atoms with van der Waals surface area (Å²) in [6.45, 7) is 1.47. The Labute approximate surface area is 190 Å². The number of carbonyl (C=O) groups is 3. The van der Waals surface area contributed by atoms with E-state index in [9.17, 15) is 19.5 Å². The lowest BCUT2D eigenvalue weighted by atomic mass is 9.90. The number of hydrogen-bond acceptors (Lipinski definition) is 6. The number of likely N-dealkylation sites (N-methyl/N-ethyl adjacent to an activating group) is 1. The van der Waals surface area contributed by atoms with Gasteiger partial charge in [-0.15, -0.1) is 0 Å². The lowest BCUT2D eigenvalue weighted by Gasteiger charge is -2.40. The number of fused-ring (bicyclic) bond motifs is 2. The Morgan fingerprint density at radius 1 is 1.00 bits per heavy atom. The van der Waals surface area contributed by atoms with Crippen molar-refractivity contribution in [2.75, 3.05) is 12.5 Å². The van der Waals surface area contributed by atoms with Crippen molar-refractivity contribution in [1.29, 1.82) is 0 Å². The molecule has 4 unspecified atom stereocenters. The van der Waals surface area contributed by atoms with Crippen molar-refractivity contribution in [3.8, 4) is 0 Å². The van der Waals surface area contributed by atoms with Gasteiger partial charge < -0.3 is 10.5 Å². The summed E-state index contributed by atoms with van der Waals surface area (Å²) in [6, 6.07) is 15.2. The molecule has 1 saturated heterocycles. The third kappa shape index (κ3) is 3.35. The van der Waals surface area contributed by atoms with Gasteiger partial charge >= 0.3 is 0 Å². The lowest BCUT2D eigenvalue weighted by Crippen LogP contribution is -2.55. The molecule has 33 heavy (non-hydrogen) atoms. The Bertz CT molecular complexity index is 1280. The maximum atomic E-state index is 13.0. The molecule has 2 amide bonds. The molecule has 1 fully saturated rings. The van der Waals surface area contributed by atoms with Crippen molar-refractivity contribution in [3.63, 3.8) is 0 Å². The molecular formula is C25H24N4O4. The van der Waals surface area contributed by atoms with Crippen LogP contribution < -0.4 is 5.43 Å². The van der Waals surface area contributed by atoms with Crippen LogP contribution in [0.4, 0.5) is 5.69 Å². The quantitative estimate of drug-likeness (QED) is 0.475. The van der Waals surface area contributed by atoms with Crippen molar-refractivity contribution in [2.45, 2.75) is 25.1 Å². The molecule has 0 radical (unpaired) electrons. The molecule has 3 heterocycles. The van der Waals surface area contributed by atoms with Gasteiger partial charge in [-0.3, -0.25) is 23.9 Å². The largest absolute Gasteiger partial charge is 0.386 e. The number of aliphatic hydroxyl groups is 1. The van der Waals surface area contributed by atoms with E-state index in [2.05, 4.69) is 5.43 Å². The second-order valence-corrected chi connectivity index (χ2v) is 8.40. The highest BCUT2D eigenvalue weighted by molar-refractivity contribution is 6.08. The van der Waals surface area contributed by atoms with E-state index < -0.39 is 24.1 Å². The van der Waals surface area contributed by atoms with Crippen molar-refractivity contribution >= 4 is 34.3 Å². The summed E-state index contributed by atoms with van der Waals surface area (Å²) in [5.41, 5.74) is 5.25. The van der Waals surface area contributed by atoms with Crippen molar-refractivity contribution in [2.24, 2.45) is 5.92 Å². The highest BCUT2D eigenvalue weighted by atomic mass is 16.3. The molecule has 0 bridgehead atoms. The number of carbonyl (C=O) groups excluding carboxylic acids is 3. The first-order chi connectivity index (χ1) is 15.9. The zero-order chi connectivity index (χ0) is 23.3. The molecule has 2 aliphatic rings. The molecule has 2 N–H and O–H groups in total. The monoisotopic (exact) mass is 444 g/mol. The molecule has 5 rings (SSSR count). The first-order valence-corrected chi connectivity index (χ1v) is 10.8. The summed E-state index contributed by atoms with van der Waals surface area (Å²) in [5, 5.41) is 14.0. The summed E-state index contributed by atoms with van der Waals surface area (Å²) >= 11 is 0. The number of amides is 2. The molecule has 0 spiro atoms. The average molecular weight is 444 g/mol. The van der Waals surface area contributed by atoms with Gasteiger partial charge in [0, 0.05) is 36.8 Å². The molecule has 0 saturated carbocycles. The van der Waals surface area contributed by atoms with E-state index in [-0.39, 0.29) is 17.7 Å². The summed E-state index contributed by atoms with van der Waals surface area (Å²) in [4.78, 5) is 39.0. The van der Waals surface area contributed by atoms with Crippen LogP contribution in [0.2, 0.25) is 0 Å². The van der Waals surface area contributed by atoms with Gasteiger partial charge in [0.15, 0.2) is 0 Å². The minimum atomic E-state index is -1.07. The number of rotatable bonds is 4. The maximum absolute atomic E-state index is 13.0. The van der Waals surface area contributed by atoms with Crippen LogP contribution in [0.5, 0.6) is 0 Å². The van der Waals surface area contributed by atoms with E-state index in [4.69, 9.17) is 0 Å². The molecule has 3 aromatic rings. The molecule has 168 valence electrons. The normalized spacial score (nSPS) is 23.7.